The summed E-state index contributed by atoms with van der Waals surface area (Å²) in [6.07, 6.45) is 5.07. The van der Waals surface area contributed by atoms with Gasteiger partial charge in [0, 0.05) is 49.8 Å². The number of carbonyl (C=O) groups is 1. The van der Waals surface area contributed by atoms with Crippen LogP contribution < -0.4 is 9.64 Å². The lowest BCUT2D eigenvalue weighted by atomic mass is 9.92. The summed E-state index contributed by atoms with van der Waals surface area (Å²) in [5.74, 6) is -0.226. The predicted molar refractivity (Wildman–Crippen MR) is 158 cm³/mol. The molecule has 0 amide bonds. The summed E-state index contributed by atoms with van der Waals surface area (Å²) in [6, 6.07) is 11.4. The van der Waals surface area contributed by atoms with E-state index in [2.05, 4.69) is 53.3 Å². The number of piperidine rings is 1. The normalized spacial score (nSPS) is 21.7. The molecule has 2 fully saturated rings. The maximum absolute atomic E-state index is 11.5. The first-order valence-corrected chi connectivity index (χ1v) is 15.4. The van der Waals surface area contributed by atoms with Crippen LogP contribution in [0.25, 0.3) is 11.3 Å². The fraction of sp³-hybridized carbons (Fsp3) is 0.500. The molecule has 0 saturated carbocycles. The lowest BCUT2D eigenvalue weighted by molar-refractivity contribution is -0.141. The Kier molecular flexibility index (Phi) is 8.10. The van der Waals surface area contributed by atoms with Crippen LogP contribution in [0.3, 0.4) is 0 Å². The highest BCUT2D eigenvalue weighted by atomic mass is 32.1. The zero-order valence-corrected chi connectivity index (χ0v) is 24.3. The molecule has 0 aliphatic carbocycles. The van der Waals surface area contributed by atoms with Gasteiger partial charge in [0.25, 0.3) is 0 Å². The molecular formula is C32H39N3O4S. The van der Waals surface area contributed by atoms with Gasteiger partial charge in [-0.2, -0.15) is 0 Å². The van der Waals surface area contributed by atoms with Crippen molar-refractivity contribution in [3.05, 3.63) is 63.5 Å². The van der Waals surface area contributed by atoms with Crippen LogP contribution in [0, 0.1) is 19.8 Å². The third-order valence-electron chi connectivity index (χ3n) is 8.65. The minimum absolute atomic E-state index is 0.330. The molecular weight excluding hydrogens is 522 g/mol. The Morgan fingerprint density at radius 1 is 1.18 bits per heavy atom. The Morgan fingerprint density at radius 2 is 2.08 bits per heavy atom. The zero-order chi connectivity index (χ0) is 27.6. The quantitative estimate of drug-likeness (QED) is 0.388. The smallest absolute Gasteiger partial charge is 0.308 e. The first-order chi connectivity index (χ1) is 19.4. The molecule has 3 aliphatic rings. The molecule has 7 nitrogen and oxygen atoms in total. The summed E-state index contributed by atoms with van der Waals surface area (Å²) in [4.78, 5) is 21.2. The van der Waals surface area contributed by atoms with Crippen molar-refractivity contribution in [2.24, 2.45) is 5.92 Å². The summed E-state index contributed by atoms with van der Waals surface area (Å²) in [7, 11) is 0. The molecule has 8 heteroatoms. The third-order valence-corrected chi connectivity index (χ3v) is 9.55. The van der Waals surface area contributed by atoms with Gasteiger partial charge in [0.2, 0.25) is 0 Å². The van der Waals surface area contributed by atoms with Gasteiger partial charge in [-0.25, -0.2) is 4.98 Å². The summed E-state index contributed by atoms with van der Waals surface area (Å²) < 4.78 is 12.2. The molecule has 4 heterocycles. The second kappa shape index (κ2) is 11.9. The number of anilines is 1. The number of hydrogen-bond donors (Lipinski definition) is 1. The number of thiazole rings is 1. The number of nitrogens with zero attached hydrogens (tertiary/aromatic N) is 3. The van der Waals surface area contributed by atoms with Crippen LogP contribution >= 0.6 is 11.3 Å². The second-order valence-electron chi connectivity index (χ2n) is 11.6. The first kappa shape index (κ1) is 27.2. The van der Waals surface area contributed by atoms with Crippen molar-refractivity contribution < 1.29 is 19.4 Å². The van der Waals surface area contributed by atoms with Crippen molar-refractivity contribution >= 4 is 22.4 Å². The molecule has 0 spiro atoms. The average molecular weight is 562 g/mol. The van der Waals surface area contributed by atoms with Crippen LogP contribution in [-0.4, -0.2) is 59.8 Å². The number of ether oxygens (including phenoxy) is 2. The largest absolute Gasteiger partial charge is 0.488 e. The summed E-state index contributed by atoms with van der Waals surface area (Å²) in [5.41, 5.74) is 8.46. The molecule has 6 rings (SSSR count). The van der Waals surface area contributed by atoms with E-state index in [1.54, 1.807) is 11.3 Å². The molecule has 1 aromatic heterocycles. The van der Waals surface area contributed by atoms with Crippen molar-refractivity contribution in [2.75, 3.05) is 37.7 Å². The summed E-state index contributed by atoms with van der Waals surface area (Å²) in [6.45, 7) is 10.0. The van der Waals surface area contributed by atoms with Crippen LogP contribution in [0.15, 0.2) is 35.7 Å². The maximum Gasteiger partial charge on any atom is 0.308 e. The number of aryl methyl sites for hydroxylation is 2. The van der Waals surface area contributed by atoms with E-state index in [4.69, 9.17) is 14.5 Å². The molecule has 1 unspecified atom stereocenters. The molecule has 0 bridgehead atoms. The minimum Gasteiger partial charge on any atom is -0.488 e. The monoisotopic (exact) mass is 561 g/mol. The van der Waals surface area contributed by atoms with Gasteiger partial charge in [-0.3, -0.25) is 9.69 Å². The van der Waals surface area contributed by atoms with E-state index in [-0.39, 0.29) is 5.92 Å². The van der Waals surface area contributed by atoms with E-state index in [1.165, 1.54) is 28.7 Å². The number of carboxylic acids is 1. The Bertz CT molecular complexity index is 1370. The predicted octanol–water partition coefficient (Wildman–Crippen LogP) is 5.84. The summed E-state index contributed by atoms with van der Waals surface area (Å²) >= 11 is 1.58. The van der Waals surface area contributed by atoms with Gasteiger partial charge in [-0.15, -0.1) is 11.3 Å². The average Bonchev–Trinajstić information content (AvgIpc) is 3.47. The van der Waals surface area contributed by atoms with Crippen LogP contribution in [0.4, 0.5) is 5.13 Å². The van der Waals surface area contributed by atoms with E-state index < -0.39 is 5.97 Å². The Morgan fingerprint density at radius 3 is 2.90 bits per heavy atom. The van der Waals surface area contributed by atoms with Gasteiger partial charge < -0.3 is 19.5 Å². The number of hydrogen-bond acceptors (Lipinski definition) is 7. The molecule has 212 valence electrons. The maximum atomic E-state index is 11.5. The first-order valence-electron chi connectivity index (χ1n) is 14.5. The number of fused-ring (bicyclic) bond motifs is 1. The summed E-state index contributed by atoms with van der Waals surface area (Å²) in [5, 5.41) is 12.4. The zero-order valence-electron chi connectivity index (χ0n) is 23.5. The van der Waals surface area contributed by atoms with Crippen molar-refractivity contribution in [1.29, 1.82) is 0 Å². The minimum atomic E-state index is -0.718. The number of benzene rings is 2. The Balaban J connectivity index is 1.16. The highest BCUT2D eigenvalue weighted by Gasteiger charge is 2.28. The molecule has 2 aromatic carbocycles. The van der Waals surface area contributed by atoms with Gasteiger partial charge in [0.1, 0.15) is 12.4 Å². The van der Waals surface area contributed by atoms with Gasteiger partial charge >= 0.3 is 5.97 Å². The van der Waals surface area contributed by atoms with Crippen molar-refractivity contribution in [1.82, 2.24) is 9.88 Å². The molecule has 1 N–H and O–H groups in total. The van der Waals surface area contributed by atoms with E-state index in [9.17, 15) is 9.90 Å². The molecule has 3 aromatic rings. The fourth-order valence-corrected chi connectivity index (χ4v) is 7.25. The van der Waals surface area contributed by atoms with Gasteiger partial charge in [0.05, 0.1) is 18.2 Å². The van der Waals surface area contributed by atoms with Gasteiger partial charge in [0.15, 0.2) is 5.13 Å². The molecule has 3 aliphatic heterocycles. The van der Waals surface area contributed by atoms with Crippen LogP contribution in [0.5, 0.6) is 5.75 Å². The number of aliphatic carboxylic acids is 1. The lowest BCUT2D eigenvalue weighted by Crippen LogP contribution is -2.44. The highest BCUT2D eigenvalue weighted by molar-refractivity contribution is 7.14. The van der Waals surface area contributed by atoms with Gasteiger partial charge in [-0.05, 0) is 80.3 Å². The highest BCUT2D eigenvalue weighted by Crippen LogP contribution is 2.36. The van der Waals surface area contributed by atoms with E-state index in [0.717, 1.165) is 86.2 Å². The van der Waals surface area contributed by atoms with E-state index in [0.29, 0.717) is 19.2 Å². The van der Waals surface area contributed by atoms with Crippen molar-refractivity contribution in [2.45, 2.75) is 65.1 Å². The molecule has 2 saturated heterocycles. The van der Waals surface area contributed by atoms with E-state index in [1.807, 2.05) is 6.07 Å². The second-order valence-corrected chi connectivity index (χ2v) is 12.4. The number of aromatic nitrogens is 1. The molecule has 0 radical (unpaired) electrons. The van der Waals surface area contributed by atoms with Gasteiger partial charge in [-0.1, -0.05) is 23.8 Å². The van der Waals surface area contributed by atoms with Crippen LogP contribution in [0.2, 0.25) is 0 Å². The van der Waals surface area contributed by atoms with Crippen LogP contribution in [-0.2, 0) is 29.1 Å². The molecule has 40 heavy (non-hydrogen) atoms. The van der Waals surface area contributed by atoms with Crippen molar-refractivity contribution in [3.63, 3.8) is 0 Å². The third kappa shape index (κ3) is 5.90. The number of carboxylic acid groups (broad SMARTS) is 1. The fourth-order valence-electron chi connectivity index (χ4n) is 6.39. The van der Waals surface area contributed by atoms with Crippen LogP contribution in [0.1, 0.15) is 53.5 Å². The Hall–Kier alpha value is -2.94. The standard InChI is InChI=1S/C32H39N3O4S/c1-21-7-8-30(27(13-21)29-20-40-32(33-29)35-10-3-5-25(16-35)31(36)37)39-18-23-14-22(2)28-17-34(11-9-24(28)15-23)26-6-4-12-38-19-26/h7-8,13-15,20,25-26H,3-6,9-12,16-19H2,1-2H3,(H,36,37)/t25-,26?/m0/s1. The Labute approximate surface area is 240 Å². The lowest BCUT2D eigenvalue weighted by Gasteiger charge is -2.38. The number of rotatable bonds is 7. The van der Waals surface area contributed by atoms with E-state index >= 15 is 0 Å². The van der Waals surface area contributed by atoms with Crippen molar-refractivity contribution in [3.8, 4) is 17.0 Å². The molecule has 2 atom stereocenters. The SMILES string of the molecule is Cc1ccc(OCc2cc(C)c3c(c2)CCN(C2CCCOC2)C3)c(-c2csc(N3CCC[C@H](C(=O)O)C3)n2)c1. The topological polar surface area (TPSA) is 75.1 Å².